The van der Waals surface area contributed by atoms with Crippen molar-refractivity contribution < 1.29 is 14.2 Å². The minimum absolute atomic E-state index is 0.0625. The highest BCUT2D eigenvalue weighted by atomic mass is 16.7. The van der Waals surface area contributed by atoms with Crippen LogP contribution in [-0.4, -0.2) is 18.5 Å². The van der Waals surface area contributed by atoms with Gasteiger partial charge in [-0.2, -0.15) is 0 Å². The lowest BCUT2D eigenvalue weighted by molar-refractivity contribution is -0.236. The van der Waals surface area contributed by atoms with Gasteiger partial charge in [-0.3, -0.25) is 0 Å². The Kier molecular flexibility index (Phi) is 5.89. The SMILES string of the molecule is C[C@@H]1C[C@@H](C)OC(CCCc2cccc(Oc3ccccc3)c2)O1. The van der Waals surface area contributed by atoms with Gasteiger partial charge in [0.2, 0.25) is 0 Å². The first-order valence-corrected chi connectivity index (χ1v) is 8.82. The zero-order valence-electron chi connectivity index (χ0n) is 14.5. The van der Waals surface area contributed by atoms with Crippen LogP contribution >= 0.6 is 0 Å². The molecule has 128 valence electrons. The molecule has 1 aliphatic rings. The molecule has 0 saturated carbocycles. The number of aryl methyl sites for hydroxylation is 1. The van der Waals surface area contributed by atoms with E-state index in [-0.39, 0.29) is 6.29 Å². The second-order valence-electron chi connectivity index (χ2n) is 6.51. The number of para-hydroxylation sites is 1. The molecule has 3 rings (SSSR count). The van der Waals surface area contributed by atoms with Gasteiger partial charge in [0.05, 0.1) is 12.2 Å². The Balaban J connectivity index is 1.50. The van der Waals surface area contributed by atoms with Crippen molar-refractivity contribution in [2.75, 3.05) is 0 Å². The van der Waals surface area contributed by atoms with E-state index < -0.39 is 0 Å². The lowest BCUT2D eigenvalue weighted by Gasteiger charge is -2.32. The van der Waals surface area contributed by atoms with Crippen molar-refractivity contribution in [3.05, 3.63) is 60.2 Å². The summed E-state index contributed by atoms with van der Waals surface area (Å²) in [4.78, 5) is 0. The minimum atomic E-state index is -0.0625. The highest BCUT2D eigenvalue weighted by Gasteiger charge is 2.24. The van der Waals surface area contributed by atoms with Crippen LogP contribution in [0.15, 0.2) is 54.6 Å². The van der Waals surface area contributed by atoms with Crippen LogP contribution in [0.4, 0.5) is 0 Å². The van der Waals surface area contributed by atoms with Crippen molar-refractivity contribution in [1.82, 2.24) is 0 Å². The molecule has 2 aromatic carbocycles. The molecule has 0 aliphatic carbocycles. The summed E-state index contributed by atoms with van der Waals surface area (Å²) < 4.78 is 17.6. The summed E-state index contributed by atoms with van der Waals surface area (Å²) in [5.74, 6) is 1.74. The maximum atomic E-state index is 5.89. The Hall–Kier alpha value is -1.84. The first kappa shape index (κ1) is 17.0. The normalized spacial score (nSPS) is 23.8. The molecule has 0 aromatic heterocycles. The molecule has 2 aromatic rings. The summed E-state index contributed by atoms with van der Waals surface area (Å²) in [5, 5.41) is 0. The van der Waals surface area contributed by atoms with E-state index in [4.69, 9.17) is 14.2 Å². The van der Waals surface area contributed by atoms with Crippen molar-refractivity contribution >= 4 is 0 Å². The average Bonchev–Trinajstić information content (AvgIpc) is 2.55. The van der Waals surface area contributed by atoms with Gasteiger partial charge < -0.3 is 14.2 Å². The van der Waals surface area contributed by atoms with Gasteiger partial charge in [0.25, 0.3) is 0 Å². The van der Waals surface area contributed by atoms with Crippen molar-refractivity contribution in [2.24, 2.45) is 0 Å². The number of benzene rings is 2. The molecule has 0 bridgehead atoms. The fourth-order valence-corrected chi connectivity index (χ4v) is 3.13. The van der Waals surface area contributed by atoms with E-state index in [1.807, 2.05) is 42.5 Å². The first-order chi connectivity index (χ1) is 11.7. The van der Waals surface area contributed by atoms with Crippen LogP contribution in [-0.2, 0) is 15.9 Å². The molecular weight excluding hydrogens is 300 g/mol. The van der Waals surface area contributed by atoms with E-state index in [0.29, 0.717) is 12.2 Å². The summed E-state index contributed by atoms with van der Waals surface area (Å²) >= 11 is 0. The van der Waals surface area contributed by atoms with Crippen LogP contribution in [0.1, 0.15) is 38.7 Å². The predicted molar refractivity (Wildman–Crippen MR) is 95.4 cm³/mol. The number of hydrogen-bond donors (Lipinski definition) is 0. The van der Waals surface area contributed by atoms with Gasteiger partial charge in [0, 0.05) is 0 Å². The highest BCUT2D eigenvalue weighted by Crippen LogP contribution is 2.24. The largest absolute Gasteiger partial charge is 0.457 e. The maximum absolute atomic E-state index is 5.89. The summed E-state index contributed by atoms with van der Waals surface area (Å²) in [6, 6.07) is 18.2. The quantitative estimate of drug-likeness (QED) is 0.717. The van der Waals surface area contributed by atoms with Crippen molar-refractivity contribution in [3.63, 3.8) is 0 Å². The molecule has 3 nitrogen and oxygen atoms in total. The number of ether oxygens (including phenoxy) is 3. The van der Waals surface area contributed by atoms with E-state index >= 15 is 0 Å². The van der Waals surface area contributed by atoms with Crippen LogP contribution in [0.25, 0.3) is 0 Å². The minimum Gasteiger partial charge on any atom is -0.457 e. The fraction of sp³-hybridized carbons (Fsp3) is 0.429. The molecule has 1 saturated heterocycles. The first-order valence-electron chi connectivity index (χ1n) is 8.82. The fourth-order valence-electron chi connectivity index (χ4n) is 3.13. The molecular formula is C21H26O3. The Bertz CT molecular complexity index is 616. The van der Waals surface area contributed by atoms with Gasteiger partial charge in [0.15, 0.2) is 6.29 Å². The second kappa shape index (κ2) is 8.32. The van der Waals surface area contributed by atoms with E-state index in [1.165, 1.54) is 5.56 Å². The van der Waals surface area contributed by atoms with E-state index in [1.54, 1.807) is 0 Å². The van der Waals surface area contributed by atoms with Crippen molar-refractivity contribution in [2.45, 2.75) is 58.0 Å². The zero-order chi connectivity index (χ0) is 16.8. The molecule has 24 heavy (non-hydrogen) atoms. The molecule has 1 heterocycles. The summed E-state index contributed by atoms with van der Waals surface area (Å²) in [6.45, 7) is 4.24. The summed E-state index contributed by atoms with van der Waals surface area (Å²) in [7, 11) is 0. The Morgan fingerprint density at radius 1 is 0.917 bits per heavy atom. The summed E-state index contributed by atoms with van der Waals surface area (Å²) in [6.07, 6.45) is 4.47. The van der Waals surface area contributed by atoms with Crippen LogP contribution in [0.5, 0.6) is 11.5 Å². The maximum Gasteiger partial charge on any atom is 0.158 e. The average molecular weight is 326 g/mol. The lowest BCUT2D eigenvalue weighted by Crippen LogP contribution is -2.35. The molecule has 1 fully saturated rings. The Morgan fingerprint density at radius 3 is 2.38 bits per heavy atom. The summed E-state index contributed by atoms with van der Waals surface area (Å²) in [5.41, 5.74) is 1.28. The van der Waals surface area contributed by atoms with Gasteiger partial charge in [0.1, 0.15) is 11.5 Å². The topological polar surface area (TPSA) is 27.7 Å². The monoisotopic (exact) mass is 326 g/mol. The standard InChI is InChI=1S/C21H26O3/c1-16-14-17(2)23-21(22-16)13-7-9-18-8-6-12-20(15-18)24-19-10-4-3-5-11-19/h3-6,8,10-12,15-17,21H,7,9,13-14H2,1-2H3/t16-,17-/m1/s1. The third kappa shape index (κ3) is 5.08. The Labute approximate surface area is 144 Å². The van der Waals surface area contributed by atoms with Crippen LogP contribution in [0.2, 0.25) is 0 Å². The van der Waals surface area contributed by atoms with Crippen molar-refractivity contribution in [3.8, 4) is 11.5 Å². The van der Waals surface area contributed by atoms with Gasteiger partial charge in [-0.15, -0.1) is 0 Å². The Morgan fingerprint density at radius 2 is 1.62 bits per heavy atom. The second-order valence-corrected chi connectivity index (χ2v) is 6.51. The lowest BCUT2D eigenvalue weighted by atomic mass is 10.1. The van der Waals surface area contributed by atoms with E-state index in [2.05, 4.69) is 26.0 Å². The third-order valence-electron chi connectivity index (χ3n) is 4.21. The van der Waals surface area contributed by atoms with Gasteiger partial charge in [-0.25, -0.2) is 0 Å². The van der Waals surface area contributed by atoms with Gasteiger partial charge >= 0.3 is 0 Å². The van der Waals surface area contributed by atoms with Gasteiger partial charge in [-0.05, 0) is 69.4 Å². The van der Waals surface area contributed by atoms with Crippen molar-refractivity contribution in [1.29, 1.82) is 0 Å². The zero-order valence-corrected chi connectivity index (χ0v) is 14.5. The smallest absolute Gasteiger partial charge is 0.158 e. The van der Waals surface area contributed by atoms with E-state index in [9.17, 15) is 0 Å². The molecule has 1 aliphatic heterocycles. The van der Waals surface area contributed by atoms with E-state index in [0.717, 1.165) is 37.2 Å². The van der Waals surface area contributed by atoms with Crippen LogP contribution in [0, 0.1) is 0 Å². The third-order valence-corrected chi connectivity index (χ3v) is 4.21. The number of hydrogen-bond acceptors (Lipinski definition) is 3. The predicted octanol–water partition coefficient (Wildman–Crippen LogP) is 5.34. The van der Waals surface area contributed by atoms with Crippen LogP contribution in [0.3, 0.4) is 0 Å². The molecule has 3 heteroatoms. The number of rotatable bonds is 6. The molecule has 0 N–H and O–H groups in total. The molecule has 0 radical (unpaired) electrons. The highest BCUT2D eigenvalue weighted by molar-refractivity contribution is 5.33. The molecule has 0 amide bonds. The van der Waals surface area contributed by atoms with Gasteiger partial charge in [-0.1, -0.05) is 30.3 Å². The molecule has 0 unspecified atom stereocenters. The molecule has 0 spiro atoms. The molecule has 2 atom stereocenters. The van der Waals surface area contributed by atoms with Crippen LogP contribution < -0.4 is 4.74 Å².